The summed E-state index contributed by atoms with van der Waals surface area (Å²) >= 11 is 5.08. The predicted molar refractivity (Wildman–Crippen MR) is 62.0 cm³/mol. The van der Waals surface area contributed by atoms with Crippen molar-refractivity contribution >= 4 is 17.3 Å². The molecule has 0 aliphatic carbocycles. The Labute approximate surface area is 86.9 Å². The molecule has 0 unspecified atom stereocenters. The van der Waals surface area contributed by atoms with Crippen LogP contribution >= 0.6 is 12.2 Å². The van der Waals surface area contributed by atoms with Gasteiger partial charge in [-0.25, -0.2) is 0 Å². The van der Waals surface area contributed by atoms with E-state index in [0.717, 1.165) is 24.7 Å². The molecule has 0 aliphatic rings. The summed E-state index contributed by atoms with van der Waals surface area (Å²) in [5.74, 6) is 0.633. The first-order valence-corrected chi connectivity index (χ1v) is 5.09. The Hall–Kier alpha value is -0.350. The molecule has 0 saturated carbocycles. The monoisotopic (exact) mass is 203 g/mol. The molecule has 0 aromatic heterocycles. The van der Waals surface area contributed by atoms with Crippen molar-refractivity contribution in [2.24, 2.45) is 5.92 Å². The zero-order valence-electron chi connectivity index (χ0n) is 9.05. The van der Waals surface area contributed by atoms with E-state index in [0.29, 0.717) is 5.92 Å². The van der Waals surface area contributed by atoms with Crippen molar-refractivity contribution in [2.45, 2.75) is 13.8 Å². The Bertz CT molecular complexity index is 146. The van der Waals surface area contributed by atoms with Crippen LogP contribution in [0.2, 0.25) is 0 Å². The van der Waals surface area contributed by atoms with Crippen molar-refractivity contribution in [1.29, 1.82) is 0 Å². The molecule has 0 bridgehead atoms. The second kappa shape index (κ2) is 7.09. The Morgan fingerprint density at radius 1 is 1.31 bits per heavy atom. The van der Waals surface area contributed by atoms with Crippen LogP contribution in [0.3, 0.4) is 0 Å². The summed E-state index contributed by atoms with van der Waals surface area (Å²) in [5.41, 5.74) is 0. The molecule has 2 N–H and O–H groups in total. The highest BCUT2D eigenvalue weighted by Gasteiger charge is 1.96. The zero-order valence-corrected chi connectivity index (χ0v) is 9.87. The molecule has 0 aromatic rings. The molecule has 4 heteroatoms. The summed E-state index contributed by atoms with van der Waals surface area (Å²) in [6.45, 7) is 7.17. The van der Waals surface area contributed by atoms with E-state index in [9.17, 15) is 0 Å². The maximum Gasteiger partial charge on any atom is 0.166 e. The third-order valence-corrected chi connectivity index (χ3v) is 1.80. The average molecular weight is 203 g/mol. The largest absolute Gasteiger partial charge is 0.362 e. The zero-order chi connectivity index (χ0) is 10.3. The molecular formula is C9H21N3S. The average Bonchev–Trinajstić information content (AvgIpc) is 2.00. The van der Waals surface area contributed by atoms with Crippen molar-refractivity contribution in [3.05, 3.63) is 0 Å². The molecule has 0 spiro atoms. The summed E-state index contributed by atoms with van der Waals surface area (Å²) in [6.07, 6.45) is 0. The van der Waals surface area contributed by atoms with E-state index in [-0.39, 0.29) is 0 Å². The van der Waals surface area contributed by atoms with Crippen molar-refractivity contribution in [3.8, 4) is 0 Å². The first-order valence-electron chi connectivity index (χ1n) is 4.68. The summed E-state index contributed by atoms with van der Waals surface area (Å²) in [4.78, 5) is 2.12. The van der Waals surface area contributed by atoms with Gasteiger partial charge in [-0.3, -0.25) is 0 Å². The number of hydrogen-bond acceptors (Lipinski definition) is 2. The van der Waals surface area contributed by atoms with Crippen molar-refractivity contribution in [1.82, 2.24) is 15.5 Å². The number of hydrogen-bond donors (Lipinski definition) is 2. The fourth-order valence-corrected chi connectivity index (χ4v) is 0.938. The third-order valence-electron chi connectivity index (χ3n) is 1.52. The summed E-state index contributed by atoms with van der Waals surface area (Å²) < 4.78 is 0. The van der Waals surface area contributed by atoms with Crippen LogP contribution in [0.15, 0.2) is 0 Å². The standard InChI is InChI=1S/C9H21N3S/c1-8(2)7-11-9(13)10-5-6-12(3)4/h8H,5-7H2,1-4H3,(H2,10,11,13). The normalized spacial score (nSPS) is 10.6. The molecule has 0 radical (unpaired) electrons. The minimum Gasteiger partial charge on any atom is -0.362 e. The Morgan fingerprint density at radius 3 is 2.38 bits per heavy atom. The molecule has 0 heterocycles. The van der Waals surface area contributed by atoms with E-state index in [4.69, 9.17) is 12.2 Å². The summed E-state index contributed by atoms with van der Waals surface area (Å²) in [6, 6.07) is 0. The van der Waals surface area contributed by atoms with Crippen LogP contribution in [0, 0.1) is 5.92 Å². The molecule has 0 atom stereocenters. The molecule has 0 saturated heterocycles. The molecular weight excluding hydrogens is 182 g/mol. The molecule has 0 aliphatic heterocycles. The van der Waals surface area contributed by atoms with E-state index in [2.05, 4.69) is 29.4 Å². The molecule has 13 heavy (non-hydrogen) atoms. The van der Waals surface area contributed by atoms with E-state index in [1.165, 1.54) is 0 Å². The molecule has 0 rings (SSSR count). The molecule has 0 aromatic carbocycles. The lowest BCUT2D eigenvalue weighted by molar-refractivity contribution is 0.412. The topological polar surface area (TPSA) is 27.3 Å². The van der Waals surface area contributed by atoms with Gasteiger partial charge in [-0.05, 0) is 32.2 Å². The highest BCUT2D eigenvalue weighted by Crippen LogP contribution is 1.86. The second-order valence-electron chi connectivity index (χ2n) is 3.83. The van der Waals surface area contributed by atoms with Gasteiger partial charge < -0.3 is 15.5 Å². The lowest BCUT2D eigenvalue weighted by atomic mass is 10.2. The quantitative estimate of drug-likeness (QED) is 0.642. The smallest absolute Gasteiger partial charge is 0.166 e. The van der Waals surface area contributed by atoms with Crippen LogP contribution in [-0.2, 0) is 0 Å². The number of thiocarbonyl (C=S) groups is 1. The van der Waals surface area contributed by atoms with Gasteiger partial charge in [0, 0.05) is 19.6 Å². The predicted octanol–water partition coefficient (Wildman–Crippen LogP) is 0.668. The number of likely N-dealkylation sites (N-methyl/N-ethyl adjacent to an activating group) is 1. The number of nitrogens with one attached hydrogen (secondary N) is 2. The van der Waals surface area contributed by atoms with Gasteiger partial charge >= 0.3 is 0 Å². The van der Waals surface area contributed by atoms with Gasteiger partial charge in [0.15, 0.2) is 5.11 Å². The van der Waals surface area contributed by atoms with Gasteiger partial charge in [-0.2, -0.15) is 0 Å². The van der Waals surface area contributed by atoms with Crippen LogP contribution in [0.1, 0.15) is 13.8 Å². The van der Waals surface area contributed by atoms with E-state index < -0.39 is 0 Å². The summed E-state index contributed by atoms with van der Waals surface area (Å²) in [5, 5.41) is 7.07. The Balaban J connectivity index is 3.30. The van der Waals surface area contributed by atoms with Crippen LogP contribution in [-0.4, -0.2) is 43.7 Å². The minimum absolute atomic E-state index is 0.633. The van der Waals surface area contributed by atoms with Gasteiger partial charge in [-0.1, -0.05) is 13.8 Å². The first-order chi connectivity index (χ1) is 6.02. The second-order valence-corrected chi connectivity index (χ2v) is 4.24. The van der Waals surface area contributed by atoms with Crippen LogP contribution in [0.5, 0.6) is 0 Å². The molecule has 0 amide bonds. The van der Waals surface area contributed by atoms with Gasteiger partial charge in [0.05, 0.1) is 0 Å². The van der Waals surface area contributed by atoms with E-state index in [1.807, 2.05) is 14.1 Å². The Morgan fingerprint density at radius 2 is 1.92 bits per heavy atom. The first kappa shape index (κ1) is 12.7. The van der Waals surface area contributed by atoms with Gasteiger partial charge in [0.25, 0.3) is 0 Å². The fourth-order valence-electron chi connectivity index (χ4n) is 0.752. The highest BCUT2D eigenvalue weighted by atomic mass is 32.1. The molecule has 0 fully saturated rings. The maximum atomic E-state index is 5.08. The van der Waals surface area contributed by atoms with Gasteiger partial charge in [0.1, 0.15) is 0 Å². The summed E-state index contributed by atoms with van der Waals surface area (Å²) in [7, 11) is 4.10. The number of rotatable bonds is 5. The minimum atomic E-state index is 0.633. The molecule has 78 valence electrons. The van der Waals surface area contributed by atoms with Crippen molar-refractivity contribution < 1.29 is 0 Å². The van der Waals surface area contributed by atoms with E-state index >= 15 is 0 Å². The van der Waals surface area contributed by atoms with Crippen LogP contribution in [0.4, 0.5) is 0 Å². The Kier molecular flexibility index (Phi) is 6.90. The van der Waals surface area contributed by atoms with Gasteiger partial charge in [0.2, 0.25) is 0 Å². The van der Waals surface area contributed by atoms with E-state index in [1.54, 1.807) is 0 Å². The fraction of sp³-hybridized carbons (Fsp3) is 0.889. The highest BCUT2D eigenvalue weighted by molar-refractivity contribution is 7.80. The third kappa shape index (κ3) is 9.56. The number of nitrogens with zero attached hydrogens (tertiary/aromatic N) is 1. The van der Waals surface area contributed by atoms with Crippen molar-refractivity contribution in [3.63, 3.8) is 0 Å². The van der Waals surface area contributed by atoms with Crippen molar-refractivity contribution in [2.75, 3.05) is 33.7 Å². The lowest BCUT2D eigenvalue weighted by Gasteiger charge is -2.14. The van der Waals surface area contributed by atoms with Crippen LogP contribution in [0.25, 0.3) is 0 Å². The maximum absolute atomic E-state index is 5.08. The SMILES string of the molecule is CC(C)CNC(=S)NCCN(C)C. The van der Waals surface area contributed by atoms with Gasteiger partial charge in [-0.15, -0.1) is 0 Å². The lowest BCUT2D eigenvalue weighted by Crippen LogP contribution is -2.40. The van der Waals surface area contributed by atoms with Crippen LogP contribution < -0.4 is 10.6 Å². The molecule has 3 nitrogen and oxygen atoms in total.